The molecule has 0 saturated carbocycles. The van der Waals surface area contributed by atoms with Crippen molar-refractivity contribution in [2.75, 3.05) is 7.05 Å². The van der Waals surface area contributed by atoms with Gasteiger partial charge in [-0.1, -0.05) is 48.5 Å². The van der Waals surface area contributed by atoms with E-state index in [0.717, 1.165) is 12.8 Å². The first-order valence-corrected chi connectivity index (χ1v) is 9.07. The van der Waals surface area contributed by atoms with Gasteiger partial charge in [0.25, 0.3) is 0 Å². The molecule has 2 heteroatoms. The first kappa shape index (κ1) is 26.8. The van der Waals surface area contributed by atoms with Gasteiger partial charge in [-0.05, 0) is 66.8 Å². The van der Waals surface area contributed by atoms with Gasteiger partial charge in [0.15, 0.2) is 0 Å². The molecule has 0 atom stereocenters. The Morgan fingerprint density at radius 3 is 1.23 bits per heavy atom. The summed E-state index contributed by atoms with van der Waals surface area (Å²) in [6, 6.07) is 0. The van der Waals surface area contributed by atoms with Crippen molar-refractivity contribution in [2.24, 2.45) is 5.41 Å². The molecule has 0 saturated heterocycles. The number of rotatable bonds is 6. The Bertz CT molecular complexity index is 259. The smallest absolute Gasteiger partial charge is 0.0651 e. The first-order valence-electron chi connectivity index (χ1n) is 9.07. The van der Waals surface area contributed by atoms with Crippen LogP contribution in [0.4, 0.5) is 0 Å². The fourth-order valence-electron chi connectivity index (χ4n) is 3.25. The van der Waals surface area contributed by atoms with Gasteiger partial charge in [-0.2, -0.15) is 0 Å². The quantitative estimate of drug-likeness (QED) is 0.609. The zero-order valence-corrected chi connectivity index (χ0v) is 18.3. The lowest BCUT2D eigenvalue weighted by Crippen LogP contribution is -2.47. The summed E-state index contributed by atoms with van der Waals surface area (Å²) in [4.78, 5) is 0. The van der Waals surface area contributed by atoms with Crippen molar-refractivity contribution in [3.63, 3.8) is 0 Å². The zero-order chi connectivity index (χ0) is 18.8. The molecule has 0 radical (unpaired) electrons. The van der Waals surface area contributed by atoms with Crippen LogP contribution in [-0.2, 0) is 4.74 Å². The lowest BCUT2D eigenvalue weighted by atomic mass is 9.82. The first-order chi connectivity index (χ1) is 9.68. The second kappa shape index (κ2) is 10.6. The minimum atomic E-state index is -0.124. The van der Waals surface area contributed by atoms with Crippen molar-refractivity contribution >= 4 is 0 Å². The van der Waals surface area contributed by atoms with Gasteiger partial charge in [0, 0.05) is 5.54 Å². The van der Waals surface area contributed by atoms with E-state index in [4.69, 9.17) is 4.74 Å². The number of ether oxygens (including phenoxy) is 1. The predicted molar refractivity (Wildman–Crippen MR) is 104 cm³/mol. The lowest BCUT2D eigenvalue weighted by Gasteiger charge is -2.42. The standard InChI is InChI=1S/C16H35NO.2C2H6/c1-13(2,3)11-15(6,7)18-16(8,9)12-14(4,5)17-10;2*1-2/h17H,11-12H2,1-10H3;2*1-2H3. The Morgan fingerprint density at radius 1 is 0.636 bits per heavy atom. The summed E-state index contributed by atoms with van der Waals surface area (Å²) in [6.07, 6.45) is 2.05. The lowest BCUT2D eigenvalue weighted by molar-refractivity contribution is -0.146. The molecule has 0 rings (SSSR count). The van der Waals surface area contributed by atoms with Crippen LogP contribution in [0.1, 0.15) is 103 Å². The molecule has 0 aliphatic rings. The van der Waals surface area contributed by atoms with E-state index in [0.29, 0.717) is 0 Å². The highest BCUT2D eigenvalue weighted by atomic mass is 16.5. The molecule has 0 unspecified atom stereocenters. The molecule has 0 spiro atoms. The van der Waals surface area contributed by atoms with Crippen LogP contribution >= 0.6 is 0 Å². The van der Waals surface area contributed by atoms with Crippen LogP contribution in [0, 0.1) is 5.41 Å². The fourth-order valence-corrected chi connectivity index (χ4v) is 3.25. The summed E-state index contributed by atoms with van der Waals surface area (Å²) in [6.45, 7) is 28.0. The molecule has 1 N–H and O–H groups in total. The molecule has 0 amide bonds. The molecule has 0 bridgehead atoms. The summed E-state index contributed by atoms with van der Waals surface area (Å²) in [5, 5.41) is 3.35. The van der Waals surface area contributed by atoms with Crippen molar-refractivity contribution in [3.8, 4) is 0 Å². The van der Waals surface area contributed by atoms with E-state index < -0.39 is 0 Å². The molecule has 0 aromatic heterocycles. The van der Waals surface area contributed by atoms with Crippen LogP contribution < -0.4 is 5.32 Å². The molecule has 2 nitrogen and oxygen atoms in total. The van der Waals surface area contributed by atoms with Crippen molar-refractivity contribution in [2.45, 2.75) is 120 Å². The molecule has 0 fully saturated rings. The van der Waals surface area contributed by atoms with Gasteiger partial charge in [-0.25, -0.2) is 0 Å². The van der Waals surface area contributed by atoms with Crippen LogP contribution in [0.25, 0.3) is 0 Å². The third kappa shape index (κ3) is 16.3. The highest BCUT2D eigenvalue weighted by molar-refractivity contribution is 4.88. The van der Waals surface area contributed by atoms with Crippen LogP contribution in [-0.4, -0.2) is 23.8 Å². The van der Waals surface area contributed by atoms with E-state index in [2.05, 4.69) is 67.6 Å². The predicted octanol–water partition coefficient (Wildman–Crippen LogP) is 6.44. The minimum absolute atomic E-state index is 0.0917. The zero-order valence-electron chi connectivity index (χ0n) is 18.3. The number of hydrogen-bond donors (Lipinski definition) is 1. The average Bonchev–Trinajstić information content (AvgIpc) is 2.27. The SMILES string of the molecule is CC.CC.CNC(C)(C)CC(C)(C)OC(C)(C)CC(C)(C)C. The summed E-state index contributed by atoms with van der Waals surface area (Å²) < 4.78 is 6.40. The summed E-state index contributed by atoms with van der Waals surface area (Å²) in [5.74, 6) is 0. The van der Waals surface area contributed by atoms with E-state index in [-0.39, 0.29) is 22.2 Å². The maximum atomic E-state index is 6.40. The van der Waals surface area contributed by atoms with Gasteiger partial charge >= 0.3 is 0 Å². The van der Waals surface area contributed by atoms with E-state index >= 15 is 0 Å². The monoisotopic (exact) mass is 317 g/mol. The molecule has 0 aliphatic carbocycles. The molecule has 0 aromatic carbocycles. The van der Waals surface area contributed by atoms with Crippen molar-refractivity contribution in [1.82, 2.24) is 5.32 Å². The van der Waals surface area contributed by atoms with Crippen molar-refractivity contribution < 1.29 is 4.74 Å². The molecule has 0 heterocycles. The highest BCUT2D eigenvalue weighted by Gasteiger charge is 2.35. The Kier molecular flexibility index (Phi) is 13.0. The summed E-state index contributed by atoms with van der Waals surface area (Å²) >= 11 is 0. The second-order valence-corrected chi connectivity index (χ2v) is 8.67. The Labute approximate surface area is 142 Å². The van der Waals surface area contributed by atoms with Crippen molar-refractivity contribution in [3.05, 3.63) is 0 Å². The maximum absolute atomic E-state index is 6.40. The molecular formula is C20H47NO. The van der Waals surface area contributed by atoms with E-state index in [1.54, 1.807) is 0 Å². The van der Waals surface area contributed by atoms with Gasteiger partial charge in [0.05, 0.1) is 11.2 Å². The second-order valence-electron chi connectivity index (χ2n) is 8.67. The van der Waals surface area contributed by atoms with Crippen LogP contribution in [0.2, 0.25) is 0 Å². The Balaban J connectivity index is -0.000000826. The molecule has 0 aromatic rings. The van der Waals surface area contributed by atoms with E-state index in [1.165, 1.54) is 0 Å². The normalized spacial score (nSPS) is 12.8. The van der Waals surface area contributed by atoms with Crippen LogP contribution in [0.3, 0.4) is 0 Å². The highest BCUT2D eigenvalue weighted by Crippen LogP contribution is 2.35. The van der Waals surface area contributed by atoms with E-state index in [9.17, 15) is 0 Å². The van der Waals surface area contributed by atoms with Gasteiger partial charge in [0.2, 0.25) is 0 Å². The van der Waals surface area contributed by atoms with Gasteiger partial charge in [-0.15, -0.1) is 0 Å². The van der Waals surface area contributed by atoms with Crippen molar-refractivity contribution in [1.29, 1.82) is 0 Å². The van der Waals surface area contributed by atoms with Gasteiger partial charge in [-0.3, -0.25) is 0 Å². The molecule has 22 heavy (non-hydrogen) atoms. The summed E-state index contributed by atoms with van der Waals surface area (Å²) in [5.41, 5.74) is 0.173. The minimum Gasteiger partial charge on any atom is -0.370 e. The molecule has 138 valence electrons. The third-order valence-electron chi connectivity index (χ3n) is 3.05. The Hall–Kier alpha value is -0.0800. The molecule has 0 aliphatic heterocycles. The number of hydrogen-bond acceptors (Lipinski definition) is 2. The topological polar surface area (TPSA) is 21.3 Å². The van der Waals surface area contributed by atoms with E-state index in [1.807, 2.05) is 34.7 Å². The molecular weight excluding hydrogens is 270 g/mol. The summed E-state index contributed by atoms with van der Waals surface area (Å²) in [7, 11) is 2.01. The van der Waals surface area contributed by atoms with Crippen LogP contribution in [0.5, 0.6) is 0 Å². The third-order valence-corrected chi connectivity index (χ3v) is 3.05. The largest absolute Gasteiger partial charge is 0.370 e. The fraction of sp³-hybridized carbons (Fsp3) is 1.00. The maximum Gasteiger partial charge on any atom is 0.0651 e. The Morgan fingerprint density at radius 2 is 0.955 bits per heavy atom. The van der Waals surface area contributed by atoms with Gasteiger partial charge in [0.1, 0.15) is 0 Å². The van der Waals surface area contributed by atoms with Crippen LogP contribution in [0.15, 0.2) is 0 Å². The number of nitrogens with one attached hydrogen (secondary N) is 1. The van der Waals surface area contributed by atoms with Gasteiger partial charge < -0.3 is 10.1 Å². The average molecular weight is 318 g/mol.